The molecule has 0 spiro atoms. The smallest absolute Gasteiger partial charge is 0.257 e. The van der Waals surface area contributed by atoms with E-state index < -0.39 is 0 Å². The number of carbonyl (C=O) groups is 1. The van der Waals surface area contributed by atoms with E-state index in [1.807, 2.05) is 4.90 Å². The summed E-state index contributed by atoms with van der Waals surface area (Å²) in [4.78, 5) is 15.0. The molecule has 1 fully saturated rings. The Morgan fingerprint density at radius 3 is 2.59 bits per heavy atom. The summed E-state index contributed by atoms with van der Waals surface area (Å²) in [5, 5.41) is 21.9. The Balaban J connectivity index is 2.04. The number of hydrogen-bond donors (Lipinski definition) is 2. The van der Waals surface area contributed by atoms with Crippen molar-refractivity contribution in [3.8, 4) is 11.5 Å². The van der Waals surface area contributed by atoms with Gasteiger partial charge < -0.3 is 15.1 Å². The summed E-state index contributed by atoms with van der Waals surface area (Å²) in [7, 11) is 0. The molecule has 1 amide bonds. The van der Waals surface area contributed by atoms with Gasteiger partial charge in [-0.15, -0.1) is 0 Å². The predicted molar refractivity (Wildman–Crippen MR) is 108 cm³/mol. The Bertz CT molecular complexity index is 717. The van der Waals surface area contributed by atoms with Crippen molar-refractivity contribution in [2.45, 2.75) is 77.6 Å². The zero-order valence-corrected chi connectivity index (χ0v) is 16.8. The highest BCUT2D eigenvalue weighted by Gasteiger charge is 2.30. The number of hydrogen-bond acceptors (Lipinski definition) is 3. The molecule has 0 aromatic heterocycles. The number of aryl methyl sites for hydroxylation is 1. The van der Waals surface area contributed by atoms with Crippen molar-refractivity contribution >= 4 is 5.91 Å². The minimum Gasteiger partial charge on any atom is -0.507 e. The summed E-state index contributed by atoms with van der Waals surface area (Å²) in [6.45, 7) is 5.75. The zero-order chi connectivity index (χ0) is 19.4. The van der Waals surface area contributed by atoms with Gasteiger partial charge in [0.2, 0.25) is 0 Å². The van der Waals surface area contributed by atoms with Crippen molar-refractivity contribution in [3.63, 3.8) is 0 Å². The number of likely N-dealkylation sites (tertiary alicyclic amines) is 1. The van der Waals surface area contributed by atoms with Crippen molar-refractivity contribution < 1.29 is 15.0 Å². The first kappa shape index (κ1) is 19.8. The lowest BCUT2D eigenvalue weighted by Crippen LogP contribution is -2.29. The van der Waals surface area contributed by atoms with Gasteiger partial charge in [0.25, 0.3) is 5.91 Å². The molecule has 3 rings (SSSR count). The number of aromatic hydroxyl groups is 2. The standard InChI is InChI=1S/C23H33NO3/c1-3-4-5-10-18-15-19(25)20(17-11-8-9-16(2)14-17)22(26)21(18)23(27)24-12-6-7-13-24/h14-15,17,25-26H,3-13H2,1-2H3. The van der Waals surface area contributed by atoms with Crippen LogP contribution in [-0.2, 0) is 6.42 Å². The lowest BCUT2D eigenvalue weighted by atomic mass is 9.83. The van der Waals surface area contributed by atoms with Crippen molar-refractivity contribution in [2.75, 3.05) is 13.1 Å². The number of phenols is 2. The van der Waals surface area contributed by atoms with Crippen LogP contribution >= 0.6 is 0 Å². The molecule has 1 aromatic carbocycles. The van der Waals surface area contributed by atoms with E-state index in [1.165, 1.54) is 5.57 Å². The highest BCUT2D eigenvalue weighted by Crippen LogP contribution is 2.44. The van der Waals surface area contributed by atoms with Gasteiger partial charge >= 0.3 is 0 Å². The summed E-state index contributed by atoms with van der Waals surface area (Å²) in [5.41, 5.74) is 3.04. The molecule has 0 radical (unpaired) electrons. The average Bonchev–Trinajstić information content (AvgIpc) is 3.16. The second kappa shape index (κ2) is 8.81. The number of nitrogens with zero attached hydrogens (tertiary/aromatic N) is 1. The highest BCUT2D eigenvalue weighted by atomic mass is 16.3. The Morgan fingerprint density at radius 1 is 1.19 bits per heavy atom. The van der Waals surface area contributed by atoms with Crippen LogP contribution in [-0.4, -0.2) is 34.1 Å². The number of phenolic OH excluding ortho intramolecular Hbond substituents is 2. The number of benzene rings is 1. The second-order valence-electron chi connectivity index (χ2n) is 8.16. The molecule has 1 aromatic rings. The van der Waals surface area contributed by atoms with Gasteiger partial charge in [-0.1, -0.05) is 31.4 Å². The van der Waals surface area contributed by atoms with Crippen molar-refractivity contribution in [3.05, 3.63) is 34.4 Å². The van der Waals surface area contributed by atoms with E-state index >= 15 is 0 Å². The Kier molecular flexibility index (Phi) is 6.46. The second-order valence-corrected chi connectivity index (χ2v) is 8.16. The molecule has 1 unspecified atom stereocenters. The van der Waals surface area contributed by atoms with Gasteiger partial charge in [-0.05, 0) is 63.5 Å². The van der Waals surface area contributed by atoms with Gasteiger partial charge in [-0.2, -0.15) is 0 Å². The maximum atomic E-state index is 13.2. The quantitative estimate of drug-likeness (QED) is 0.528. The van der Waals surface area contributed by atoms with E-state index in [9.17, 15) is 15.0 Å². The van der Waals surface area contributed by atoms with Gasteiger partial charge in [0.1, 0.15) is 11.5 Å². The van der Waals surface area contributed by atoms with Crippen molar-refractivity contribution in [2.24, 2.45) is 0 Å². The van der Waals surface area contributed by atoms with Crippen LogP contribution in [0.25, 0.3) is 0 Å². The number of unbranched alkanes of at least 4 members (excludes halogenated alkanes) is 2. The third-order valence-electron chi connectivity index (χ3n) is 6.00. The normalized spacial score (nSPS) is 20.0. The molecule has 2 N–H and O–H groups in total. The van der Waals surface area contributed by atoms with E-state index in [1.54, 1.807) is 6.07 Å². The molecule has 1 atom stereocenters. The highest BCUT2D eigenvalue weighted by molar-refractivity contribution is 5.99. The Hall–Kier alpha value is -1.97. The first-order chi connectivity index (χ1) is 13.0. The van der Waals surface area contributed by atoms with E-state index in [0.717, 1.165) is 70.0 Å². The molecule has 4 nitrogen and oxygen atoms in total. The van der Waals surface area contributed by atoms with Gasteiger partial charge in [-0.3, -0.25) is 4.79 Å². The summed E-state index contributed by atoms with van der Waals surface area (Å²) in [5.74, 6) is 0.0464. The number of allylic oxidation sites excluding steroid dienone is 2. The molecular formula is C23H33NO3. The first-order valence-corrected chi connectivity index (χ1v) is 10.6. The van der Waals surface area contributed by atoms with E-state index in [2.05, 4.69) is 19.9 Å². The van der Waals surface area contributed by atoms with E-state index in [4.69, 9.17) is 0 Å². The van der Waals surface area contributed by atoms with Gasteiger partial charge in [0.15, 0.2) is 0 Å². The minimum absolute atomic E-state index is 0.00866. The molecule has 148 valence electrons. The first-order valence-electron chi connectivity index (χ1n) is 10.6. The number of rotatable bonds is 6. The average molecular weight is 372 g/mol. The predicted octanol–water partition coefficient (Wildman–Crippen LogP) is 5.28. The molecular weight excluding hydrogens is 338 g/mol. The lowest BCUT2D eigenvalue weighted by Gasteiger charge is -2.25. The zero-order valence-electron chi connectivity index (χ0n) is 16.8. The molecule has 2 aliphatic rings. The third kappa shape index (κ3) is 4.31. The summed E-state index contributed by atoms with van der Waals surface area (Å²) >= 11 is 0. The molecule has 1 aliphatic heterocycles. The van der Waals surface area contributed by atoms with Crippen LogP contribution in [0.15, 0.2) is 17.7 Å². The largest absolute Gasteiger partial charge is 0.507 e. The van der Waals surface area contributed by atoms with Crippen molar-refractivity contribution in [1.29, 1.82) is 0 Å². The fourth-order valence-corrected chi connectivity index (χ4v) is 4.51. The molecule has 1 aliphatic carbocycles. The van der Waals surface area contributed by atoms with Gasteiger partial charge in [-0.25, -0.2) is 0 Å². The van der Waals surface area contributed by atoms with Crippen LogP contribution in [0.5, 0.6) is 11.5 Å². The Labute approximate surface area is 162 Å². The molecule has 1 heterocycles. The van der Waals surface area contributed by atoms with Crippen LogP contribution < -0.4 is 0 Å². The van der Waals surface area contributed by atoms with Crippen LogP contribution in [0.4, 0.5) is 0 Å². The van der Waals surface area contributed by atoms with E-state index in [0.29, 0.717) is 17.5 Å². The fourth-order valence-electron chi connectivity index (χ4n) is 4.51. The molecule has 1 saturated heterocycles. The Morgan fingerprint density at radius 2 is 1.93 bits per heavy atom. The van der Waals surface area contributed by atoms with Gasteiger partial charge in [0, 0.05) is 24.6 Å². The van der Waals surface area contributed by atoms with Crippen LogP contribution in [0.2, 0.25) is 0 Å². The number of carbonyl (C=O) groups excluding carboxylic acids is 1. The molecule has 0 bridgehead atoms. The SMILES string of the molecule is CCCCCc1cc(O)c(C2C=C(C)CCC2)c(O)c1C(=O)N1CCCC1. The summed E-state index contributed by atoms with van der Waals surface area (Å²) < 4.78 is 0. The molecule has 4 heteroatoms. The maximum absolute atomic E-state index is 13.2. The van der Waals surface area contributed by atoms with Gasteiger partial charge in [0.05, 0.1) is 5.56 Å². The lowest BCUT2D eigenvalue weighted by molar-refractivity contribution is 0.0788. The summed E-state index contributed by atoms with van der Waals surface area (Å²) in [6, 6.07) is 1.74. The van der Waals surface area contributed by atoms with Crippen LogP contribution in [0.3, 0.4) is 0 Å². The van der Waals surface area contributed by atoms with E-state index in [-0.39, 0.29) is 23.3 Å². The topological polar surface area (TPSA) is 60.8 Å². The third-order valence-corrected chi connectivity index (χ3v) is 6.00. The van der Waals surface area contributed by atoms with Crippen LogP contribution in [0.1, 0.15) is 92.6 Å². The van der Waals surface area contributed by atoms with Crippen LogP contribution in [0, 0.1) is 0 Å². The maximum Gasteiger partial charge on any atom is 0.257 e. The summed E-state index contributed by atoms with van der Waals surface area (Å²) in [6.07, 6.45) is 11.0. The minimum atomic E-state index is -0.0748. The number of amides is 1. The van der Waals surface area contributed by atoms with Crippen molar-refractivity contribution in [1.82, 2.24) is 4.90 Å². The fraction of sp³-hybridized carbons (Fsp3) is 0.609. The molecule has 0 saturated carbocycles. The monoisotopic (exact) mass is 371 g/mol. The molecule has 27 heavy (non-hydrogen) atoms.